The molecule has 0 aliphatic rings. The van der Waals surface area contributed by atoms with Gasteiger partial charge in [0.1, 0.15) is 23.6 Å². The van der Waals surface area contributed by atoms with Crippen molar-refractivity contribution in [1.29, 1.82) is 0 Å². The number of hydrogen-bond donors (Lipinski definition) is 0. The highest BCUT2D eigenvalue weighted by Crippen LogP contribution is 2.31. The molecular formula is C26H29NO5S. The molecule has 0 aromatic heterocycles. The van der Waals surface area contributed by atoms with Gasteiger partial charge in [-0.1, -0.05) is 36.4 Å². The van der Waals surface area contributed by atoms with Crippen LogP contribution in [0.15, 0.2) is 72.8 Å². The van der Waals surface area contributed by atoms with Crippen LogP contribution in [-0.4, -0.2) is 32.8 Å². The third kappa shape index (κ3) is 6.83. The lowest BCUT2D eigenvalue weighted by Crippen LogP contribution is -2.38. The molecule has 0 saturated heterocycles. The third-order valence-corrected chi connectivity index (χ3v) is 5.88. The van der Waals surface area contributed by atoms with Crippen molar-refractivity contribution in [2.75, 3.05) is 17.1 Å². The van der Waals surface area contributed by atoms with Gasteiger partial charge in [-0.05, 0) is 80.8 Å². The van der Waals surface area contributed by atoms with E-state index in [9.17, 15) is 13.2 Å². The van der Waals surface area contributed by atoms with Crippen LogP contribution >= 0.6 is 0 Å². The number of carbonyl (C=O) groups excluding carboxylic acids is 1. The summed E-state index contributed by atoms with van der Waals surface area (Å²) in [5.41, 5.74) is 2.51. The van der Waals surface area contributed by atoms with Crippen molar-refractivity contribution in [2.24, 2.45) is 0 Å². The van der Waals surface area contributed by atoms with Crippen molar-refractivity contribution in [3.63, 3.8) is 0 Å². The van der Waals surface area contributed by atoms with E-state index in [0.29, 0.717) is 5.69 Å². The Labute approximate surface area is 195 Å². The van der Waals surface area contributed by atoms with E-state index in [2.05, 4.69) is 0 Å². The highest BCUT2D eigenvalue weighted by Gasteiger charge is 2.25. The molecule has 0 unspecified atom stereocenters. The van der Waals surface area contributed by atoms with Gasteiger partial charge >= 0.3 is 5.97 Å². The number of ether oxygens (including phenoxy) is 2. The van der Waals surface area contributed by atoms with Gasteiger partial charge in [-0.2, -0.15) is 0 Å². The minimum atomic E-state index is -3.68. The van der Waals surface area contributed by atoms with Gasteiger partial charge in [0, 0.05) is 0 Å². The summed E-state index contributed by atoms with van der Waals surface area (Å²) in [6.45, 7) is 6.74. The summed E-state index contributed by atoms with van der Waals surface area (Å²) in [5, 5.41) is 0. The number of benzene rings is 3. The maximum absolute atomic E-state index is 12.4. The summed E-state index contributed by atoms with van der Waals surface area (Å²) < 4.78 is 37.0. The number of hydrogen-bond acceptors (Lipinski definition) is 5. The zero-order valence-electron chi connectivity index (χ0n) is 19.5. The predicted octanol–water partition coefficient (Wildman–Crippen LogP) is 5.56. The Morgan fingerprint density at radius 2 is 1.52 bits per heavy atom. The van der Waals surface area contributed by atoms with E-state index in [1.54, 1.807) is 32.9 Å². The molecule has 0 spiro atoms. The van der Waals surface area contributed by atoms with Gasteiger partial charge in [0.25, 0.3) is 0 Å². The molecule has 0 fully saturated rings. The van der Waals surface area contributed by atoms with Crippen LogP contribution in [-0.2, 0) is 19.6 Å². The van der Waals surface area contributed by atoms with Gasteiger partial charge in [0.2, 0.25) is 10.0 Å². The highest BCUT2D eigenvalue weighted by molar-refractivity contribution is 7.92. The molecule has 0 atom stereocenters. The zero-order chi connectivity index (χ0) is 24.2. The average Bonchev–Trinajstić information content (AvgIpc) is 2.71. The van der Waals surface area contributed by atoms with Gasteiger partial charge in [0.15, 0.2) is 0 Å². The van der Waals surface area contributed by atoms with E-state index < -0.39 is 21.6 Å². The lowest BCUT2D eigenvalue weighted by atomic mass is 10.00. The number of rotatable bonds is 7. The molecule has 3 aromatic carbocycles. The number of aryl methyl sites for hydroxylation is 1. The molecule has 0 aliphatic carbocycles. The number of para-hydroxylation sites is 1. The molecule has 0 heterocycles. The second-order valence-electron chi connectivity index (χ2n) is 8.79. The summed E-state index contributed by atoms with van der Waals surface area (Å²) in [4.78, 5) is 12.3. The summed E-state index contributed by atoms with van der Waals surface area (Å²) in [7, 11) is -3.68. The van der Waals surface area contributed by atoms with E-state index in [1.165, 1.54) is 0 Å². The van der Waals surface area contributed by atoms with E-state index >= 15 is 0 Å². The fourth-order valence-electron chi connectivity index (χ4n) is 3.35. The molecule has 33 heavy (non-hydrogen) atoms. The smallest absolute Gasteiger partial charge is 0.327 e. The first-order chi connectivity index (χ1) is 15.4. The number of nitrogens with zero attached hydrogens (tertiary/aromatic N) is 1. The van der Waals surface area contributed by atoms with Crippen molar-refractivity contribution in [1.82, 2.24) is 0 Å². The second-order valence-corrected chi connectivity index (χ2v) is 10.7. The number of sulfonamides is 1. The molecule has 6 nitrogen and oxygen atoms in total. The van der Waals surface area contributed by atoms with E-state index in [0.717, 1.165) is 38.8 Å². The van der Waals surface area contributed by atoms with Crippen LogP contribution in [0.25, 0.3) is 11.1 Å². The molecule has 174 valence electrons. The van der Waals surface area contributed by atoms with Crippen molar-refractivity contribution >= 4 is 21.7 Å². The Morgan fingerprint density at radius 1 is 0.909 bits per heavy atom. The van der Waals surface area contributed by atoms with Crippen LogP contribution in [0.4, 0.5) is 5.69 Å². The molecule has 0 bridgehead atoms. The van der Waals surface area contributed by atoms with E-state index in [1.807, 2.05) is 67.6 Å². The SMILES string of the molecule is Cc1cc(N(CC(=O)OC(C)(C)C)S(C)(=O)=O)ccc1-c1ccc(Oc2ccccc2)cc1. The molecular weight excluding hydrogens is 438 g/mol. The van der Waals surface area contributed by atoms with Crippen LogP contribution in [0.5, 0.6) is 11.5 Å². The minimum absolute atomic E-state index is 0.388. The van der Waals surface area contributed by atoms with Crippen LogP contribution in [0.1, 0.15) is 26.3 Å². The molecule has 7 heteroatoms. The second kappa shape index (κ2) is 9.67. The Morgan fingerprint density at radius 3 is 2.06 bits per heavy atom. The van der Waals surface area contributed by atoms with Crippen LogP contribution in [0.2, 0.25) is 0 Å². The first kappa shape index (κ1) is 24.3. The van der Waals surface area contributed by atoms with Gasteiger partial charge in [-0.25, -0.2) is 8.42 Å². The van der Waals surface area contributed by atoms with E-state index in [-0.39, 0.29) is 6.54 Å². The van der Waals surface area contributed by atoms with Crippen LogP contribution in [0.3, 0.4) is 0 Å². The van der Waals surface area contributed by atoms with Gasteiger partial charge in [-0.15, -0.1) is 0 Å². The Hall–Kier alpha value is -3.32. The van der Waals surface area contributed by atoms with Gasteiger partial charge < -0.3 is 9.47 Å². The summed E-state index contributed by atoms with van der Waals surface area (Å²) in [6, 6.07) is 22.5. The fourth-order valence-corrected chi connectivity index (χ4v) is 4.18. The summed E-state index contributed by atoms with van der Waals surface area (Å²) >= 11 is 0. The number of esters is 1. The lowest BCUT2D eigenvalue weighted by molar-refractivity contribution is -0.152. The predicted molar refractivity (Wildman–Crippen MR) is 131 cm³/mol. The number of anilines is 1. The molecule has 3 aromatic rings. The topological polar surface area (TPSA) is 72.9 Å². The molecule has 0 amide bonds. The van der Waals surface area contributed by atoms with Gasteiger partial charge in [-0.3, -0.25) is 9.10 Å². The fraction of sp³-hybridized carbons (Fsp3) is 0.269. The van der Waals surface area contributed by atoms with Crippen LogP contribution in [0, 0.1) is 6.92 Å². The van der Waals surface area contributed by atoms with Crippen molar-refractivity contribution < 1.29 is 22.7 Å². The maximum Gasteiger partial charge on any atom is 0.327 e. The monoisotopic (exact) mass is 467 g/mol. The summed E-state index contributed by atoms with van der Waals surface area (Å²) in [5.74, 6) is 0.875. The van der Waals surface area contributed by atoms with Crippen molar-refractivity contribution in [3.05, 3.63) is 78.4 Å². The first-order valence-electron chi connectivity index (χ1n) is 10.6. The lowest BCUT2D eigenvalue weighted by Gasteiger charge is -2.25. The zero-order valence-corrected chi connectivity index (χ0v) is 20.3. The van der Waals surface area contributed by atoms with Crippen LogP contribution < -0.4 is 9.04 Å². The van der Waals surface area contributed by atoms with Crippen molar-refractivity contribution in [3.8, 4) is 22.6 Å². The standard InChI is InChI=1S/C26H29NO5S/c1-19-17-21(27(33(5,29)30)18-25(28)32-26(2,3)4)13-16-24(19)20-11-14-23(15-12-20)31-22-9-7-6-8-10-22/h6-17H,18H2,1-5H3. The quantitative estimate of drug-likeness (QED) is 0.425. The Bertz CT molecular complexity index is 1210. The minimum Gasteiger partial charge on any atom is -0.459 e. The summed E-state index contributed by atoms with van der Waals surface area (Å²) in [6.07, 6.45) is 1.08. The first-order valence-corrected chi connectivity index (χ1v) is 12.4. The molecule has 0 radical (unpaired) electrons. The van der Waals surface area contributed by atoms with E-state index in [4.69, 9.17) is 9.47 Å². The molecule has 0 saturated carbocycles. The average molecular weight is 468 g/mol. The Balaban J connectivity index is 1.82. The van der Waals surface area contributed by atoms with Gasteiger partial charge in [0.05, 0.1) is 11.9 Å². The molecule has 0 aliphatic heterocycles. The largest absolute Gasteiger partial charge is 0.459 e. The normalized spacial score (nSPS) is 11.7. The van der Waals surface area contributed by atoms with Crippen molar-refractivity contribution in [2.45, 2.75) is 33.3 Å². The maximum atomic E-state index is 12.4. The third-order valence-electron chi connectivity index (χ3n) is 4.74. The molecule has 3 rings (SSSR count). The molecule has 0 N–H and O–H groups in total. The number of carbonyl (C=O) groups is 1. The Kier molecular flexibility index (Phi) is 7.12. The highest BCUT2D eigenvalue weighted by atomic mass is 32.2.